The first kappa shape index (κ1) is 19.9. The predicted molar refractivity (Wildman–Crippen MR) is 106 cm³/mol. The highest BCUT2D eigenvalue weighted by atomic mass is 35.5. The van der Waals surface area contributed by atoms with Crippen molar-refractivity contribution in [2.24, 2.45) is 0 Å². The van der Waals surface area contributed by atoms with Gasteiger partial charge in [-0.1, -0.05) is 67.1 Å². The Morgan fingerprint density at radius 1 is 1.36 bits per heavy atom. The highest BCUT2D eigenvalue weighted by Gasteiger charge is 2.31. The molecule has 134 valence electrons. The molecule has 0 atom stereocenters. The molecule has 1 amide bonds. The summed E-state index contributed by atoms with van der Waals surface area (Å²) in [5, 5.41) is 0.586. The minimum atomic E-state index is -0.231. The minimum absolute atomic E-state index is 0.144. The standard InChI is InChI=1S/C18H20ClNO3S2/c1-2-3-11-23-16(21)9-6-10-20-17(22)15(25-18(20)24)12-13-7-4-5-8-14(13)19/h4-5,7-8,12H,2-3,6,9-11H2,1H3. The topological polar surface area (TPSA) is 46.6 Å². The molecule has 4 nitrogen and oxygen atoms in total. The lowest BCUT2D eigenvalue weighted by molar-refractivity contribution is -0.144. The Morgan fingerprint density at radius 2 is 2.12 bits per heavy atom. The lowest BCUT2D eigenvalue weighted by Gasteiger charge is -2.13. The van der Waals surface area contributed by atoms with E-state index in [1.54, 1.807) is 12.1 Å². The molecule has 1 aliphatic rings. The van der Waals surface area contributed by atoms with Crippen LogP contribution in [0.1, 0.15) is 38.2 Å². The van der Waals surface area contributed by atoms with Gasteiger partial charge >= 0.3 is 5.97 Å². The molecular formula is C18H20ClNO3S2. The third-order valence-corrected chi connectivity index (χ3v) is 5.31. The van der Waals surface area contributed by atoms with Crippen molar-refractivity contribution >= 4 is 57.9 Å². The van der Waals surface area contributed by atoms with Crippen LogP contribution < -0.4 is 0 Å². The van der Waals surface area contributed by atoms with Crippen LogP contribution in [0.4, 0.5) is 0 Å². The van der Waals surface area contributed by atoms with Gasteiger partial charge in [0.2, 0.25) is 0 Å². The third-order valence-electron chi connectivity index (χ3n) is 3.59. The molecule has 1 fully saturated rings. The van der Waals surface area contributed by atoms with Gasteiger partial charge in [-0.3, -0.25) is 14.5 Å². The van der Waals surface area contributed by atoms with Crippen LogP contribution in [0.5, 0.6) is 0 Å². The number of amides is 1. The van der Waals surface area contributed by atoms with E-state index < -0.39 is 0 Å². The number of hydrogen-bond acceptors (Lipinski definition) is 5. The molecule has 2 rings (SSSR count). The molecule has 0 aliphatic carbocycles. The van der Waals surface area contributed by atoms with Crippen molar-refractivity contribution in [3.05, 3.63) is 39.8 Å². The number of benzene rings is 1. The van der Waals surface area contributed by atoms with Crippen molar-refractivity contribution in [3.63, 3.8) is 0 Å². The number of thioether (sulfide) groups is 1. The monoisotopic (exact) mass is 397 g/mol. The van der Waals surface area contributed by atoms with Crippen molar-refractivity contribution in [1.82, 2.24) is 4.90 Å². The number of unbranched alkanes of at least 4 members (excludes halogenated alkanes) is 1. The summed E-state index contributed by atoms with van der Waals surface area (Å²) < 4.78 is 5.61. The zero-order valence-electron chi connectivity index (χ0n) is 14.0. The Kier molecular flexibility index (Phi) is 7.93. The van der Waals surface area contributed by atoms with Gasteiger partial charge in [-0.05, 0) is 30.5 Å². The average molecular weight is 398 g/mol. The molecule has 7 heteroatoms. The van der Waals surface area contributed by atoms with Crippen LogP contribution in [-0.2, 0) is 14.3 Å². The Hall–Kier alpha value is -1.37. The number of thiocarbonyl (C=S) groups is 1. The van der Waals surface area contributed by atoms with Crippen LogP contribution in [0, 0.1) is 0 Å². The molecule has 1 heterocycles. The second-order valence-electron chi connectivity index (χ2n) is 5.53. The SMILES string of the molecule is CCCCOC(=O)CCCN1C(=O)C(=Cc2ccccc2Cl)SC1=S. The van der Waals surface area contributed by atoms with E-state index in [1.165, 1.54) is 16.7 Å². The van der Waals surface area contributed by atoms with Gasteiger partial charge in [-0.2, -0.15) is 0 Å². The van der Waals surface area contributed by atoms with E-state index in [4.69, 9.17) is 28.6 Å². The number of halogens is 1. The van der Waals surface area contributed by atoms with Crippen LogP contribution in [0.2, 0.25) is 5.02 Å². The quantitative estimate of drug-likeness (QED) is 0.276. The lowest BCUT2D eigenvalue weighted by Crippen LogP contribution is -2.29. The zero-order chi connectivity index (χ0) is 18.2. The molecule has 0 spiro atoms. The molecule has 0 saturated carbocycles. The number of carbonyl (C=O) groups is 2. The zero-order valence-corrected chi connectivity index (χ0v) is 16.4. The van der Waals surface area contributed by atoms with Crippen LogP contribution in [0.15, 0.2) is 29.2 Å². The third kappa shape index (κ3) is 5.83. The van der Waals surface area contributed by atoms with E-state index in [9.17, 15) is 9.59 Å². The molecule has 1 aliphatic heterocycles. The number of carbonyl (C=O) groups excluding carboxylic acids is 2. The summed E-state index contributed by atoms with van der Waals surface area (Å²) in [6, 6.07) is 7.33. The van der Waals surface area contributed by atoms with Gasteiger partial charge in [0, 0.05) is 18.0 Å². The van der Waals surface area contributed by atoms with Crippen molar-refractivity contribution in [3.8, 4) is 0 Å². The van der Waals surface area contributed by atoms with Crippen LogP contribution in [-0.4, -0.2) is 34.2 Å². The molecule has 1 saturated heterocycles. The summed E-state index contributed by atoms with van der Waals surface area (Å²) in [5.74, 6) is -0.375. The first-order valence-electron chi connectivity index (χ1n) is 8.18. The Labute approximate surface area is 162 Å². The van der Waals surface area contributed by atoms with Gasteiger partial charge in [0.25, 0.3) is 5.91 Å². The summed E-state index contributed by atoms with van der Waals surface area (Å²) >= 11 is 12.7. The summed E-state index contributed by atoms with van der Waals surface area (Å²) in [6.45, 7) is 2.91. The molecule has 0 N–H and O–H groups in total. The molecule has 0 bridgehead atoms. The first-order chi connectivity index (χ1) is 12.0. The van der Waals surface area contributed by atoms with E-state index in [0.29, 0.717) is 33.8 Å². The lowest BCUT2D eigenvalue weighted by atomic mass is 10.2. The molecule has 1 aromatic rings. The van der Waals surface area contributed by atoms with Gasteiger partial charge in [0.05, 0.1) is 11.5 Å². The second kappa shape index (κ2) is 9.94. The molecule has 0 unspecified atom stereocenters. The molecule has 0 aromatic heterocycles. The number of nitrogens with zero attached hydrogens (tertiary/aromatic N) is 1. The van der Waals surface area contributed by atoms with E-state index in [2.05, 4.69) is 0 Å². The maximum atomic E-state index is 12.5. The van der Waals surface area contributed by atoms with Crippen LogP contribution >= 0.6 is 35.6 Å². The maximum Gasteiger partial charge on any atom is 0.305 e. The summed E-state index contributed by atoms with van der Waals surface area (Å²) in [4.78, 5) is 26.2. The van der Waals surface area contributed by atoms with Gasteiger partial charge in [-0.25, -0.2) is 0 Å². The van der Waals surface area contributed by atoms with Crippen molar-refractivity contribution < 1.29 is 14.3 Å². The highest BCUT2D eigenvalue weighted by Crippen LogP contribution is 2.33. The number of rotatable bonds is 8. The summed E-state index contributed by atoms with van der Waals surface area (Å²) in [7, 11) is 0. The second-order valence-corrected chi connectivity index (χ2v) is 7.62. The van der Waals surface area contributed by atoms with Gasteiger partial charge in [0.1, 0.15) is 4.32 Å². The Bertz CT molecular complexity index is 691. The fraction of sp³-hybridized carbons (Fsp3) is 0.389. The fourth-order valence-electron chi connectivity index (χ4n) is 2.21. The van der Waals surface area contributed by atoms with Crippen LogP contribution in [0.3, 0.4) is 0 Å². The minimum Gasteiger partial charge on any atom is -0.466 e. The smallest absolute Gasteiger partial charge is 0.305 e. The largest absolute Gasteiger partial charge is 0.466 e. The van der Waals surface area contributed by atoms with Crippen molar-refractivity contribution in [1.29, 1.82) is 0 Å². The molecular weight excluding hydrogens is 378 g/mol. The van der Waals surface area contributed by atoms with Crippen molar-refractivity contribution in [2.75, 3.05) is 13.2 Å². The predicted octanol–water partition coefficient (Wildman–Crippen LogP) is 4.66. The average Bonchev–Trinajstić information content (AvgIpc) is 2.84. The fourth-order valence-corrected chi connectivity index (χ4v) is 3.70. The summed E-state index contributed by atoms with van der Waals surface area (Å²) in [5.41, 5.74) is 0.782. The Balaban J connectivity index is 1.89. The normalized spacial score (nSPS) is 15.9. The van der Waals surface area contributed by atoms with E-state index in [0.717, 1.165) is 18.4 Å². The van der Waals surface area contributed by atoms with E-state index in [1.807, 2.05) is 25.1 Å². The number of hydrogen-bond donors (Lipinski definition) is 0. The van der Waals surface area contributed by atoms with Gasteiger partial charge in [0.15, 0.2) is 0 Å². The Morgan fingerprint density at radius 3 is 2.84 bits per heavy atom. The maximum absolute atomic E-state index is 12.5. The highest BCUT2D eigenvalue weighted by molar-refractivity contribution is 8.26. The van der Waals surface area contributed by atoms with Gasteiger partial charge < -0.3 is 4.74 Å². The summed E-state index contributed by atoms with van der Waals surface area (Å²) in [6.07, 6.45) is 4.41. The number of ether oxygens (including phenoxy) is 1. The molecule has 25 heavy (non-hydrogen) atoms. The van der Waals surface area contributed by atoms with Crippen LogP contribution in [0.25, 0.3) is 6.08 Å². The van der Waals surface area contributed by atoms with Crippen molar-refractivity contribution in [2.45, 2.75) is 32.6 Å². The van der Waals surface area contributed by atoms with E-state index >= 15 is 0 Å². The first-order valence-corrected chi connectivity index (χ1v) is 9.78. The molecule has 1 aromatic carbocycles. The number of esters is 1. The van der Waals surface area contributed by atoms with E-state index in [-0.39, 0.29) is 18.3 Å². The van der Waals surface area contributed by atoms with Gasteiger partial charge in [-0.15, -0.1) is 0 Å². The molecule has 0 radical (unpaired) electrons.